The molecule has 0 bridgehead atoms. The summed E-state index contributed by atoms with van der Waals surface area (Å²) in [5, 5.41) is 2.43. The zero-order valence-corrected chi connectivity index (χ0v) is 17.0. The van der Waals surface area contributed by atoms with E-state index in [1.807, 2.05) is 36.4 Å². The molecule has 0 unspecified atom stereocenters. The van der Waals surface area contributed by atoms with Crippen LogP contribution >= 0.6 is 35.0 Å². The van der Waals surface area contributed by atoms with Gasteiger partial charge in [0.25, 0.3) is 5.56 Å². The zero-order chi connectivity index (χ0) is 19.5. The molecule has 0 amide bonds. The van der Waals surface area contributed by atoms with Crippen molar-refractivity contribution in [2.24, 2.45) is 0 Å². The predicted octanol–water partition coefficient (Wildman–Crippen LogP) is 5.44. The minimum absolute atomic E-state index is 0.0702. The third-order valence-corrected chi connectivity index (χ3v) is 5.87. The Morgan fingerprint density at radius 3 is 2.68 bits per heavy atom. The van der Waals surface area contributed by atoms with Crippen molar-refractivity contribution in [2.45, 2.75) is 17.5 Å². The molecule has 28 heavy (non-hydrogen) atoms. The topological polar surface area (TPSA) is 47.8 Å². The van der Waals surface area contributed by atoms with E-state index in [2.05, 4.69) is 4.98 Å². The summed E-state index contributed by atoms with van der Waals surface area (Å²) >= 11 is 13.7. The highest BCUT2D eigenvalue weighted by Gasteiger charge is 2.13. The van der Waals surface area contributed by atoms with Gasteiger partial charge < -0.3 is 0 Å². The molecular formula is C21H15Cl2N3OS. The summed E-state index contributed by atoms with van der Waals surface area (Å²) in [7, 11) is 0. The van der Waals surface area contributed by atoms with Gasteiger partial charge in [-0.3, -0.25) is 14.3 Å². The molecule has 0 N–H and O–H groups in total. The first kappa shape index (κ1) is 19.0. The molecule has 0 atom stereocenters. The molecule has 4 nitrogen and oxygen atoms in total. The van der Waals surface area contributed by atoms with Crippen LogP contribution in [0.25, 0.3) is 10.9 Å². The van der Waals surface area contributed by atoms with Gasteiger partial charge in [0.1, 0.15) is 0 Å². The fraction of sp³-hybridized carbons (Fsp3) is 0.0952. The van der Waals surface area contributed by atoms with Crippen LogP contribution in [0, 0.1) is 0 Å². The smallest absolute Gasteiger partial charge is 0.262 e. The first-order valence-corrected chi connectivity index (χ1v) is 10.3. The Morgan fingerprint density at radius 1 is 1.04 bits per heavy atom. The second-order valence-corrected chi connectivity index (χ2v) is 7.97. The average Bonchev–Trinajstić information content (AvgIpc) is 2.71. The Balaban J connectivity index is 1.74. The van der Waals surface area contributed by atoms with E-state index >= 15 is 0 Å². The lowest BCUT2D eigenvalue weighted by Crippen LogP contribution is -2.24. The maximum absolute atomic E-state index is 13.1. The van der Waals surface area contributed by atoms with Crippen molar-refractivity contribution in [3.05, 3.63) is 98.5 Å². The number of benzene rings is 2. The summed E-state index contributed by atoms with van der Waals surface area (Å²) in [6.45, 7) is 0.404. The van der Waals surface area contributed by atoms with E-state index in [4.69, 9.17) is 28.2 Å². The van der Waals surface area contributed by atoms with Crippen molar-refractivity contribution in [2.75, 3.05) is 0 Å². The van der Waals surface area contributed by atoms with Crippen LogP contribution in [0.15, 0.2) is 76.9 Å². The number of hydrogen-bond donors (Lipinski definition) is 0. The molecular weight excluding hydrogens is 413 g/mol. The van der Waals surface area contributed by atoms with Gasteiger partial charge in [0, 0.05) is 28.2 Å². The molecule has 140 valence electrons. The van der Waals surface area contributed by atoms with Gasteiger partial charge in [-0.2, -0.15) is 0 Å². The minimum atomic E-state index is -0.0702. The molecule has 0 aliphatic carbocycles. The summed E-state index contributed by atoms with van der Waals surface area (Å²) < 4.78 is 1.69. The summed E-state index contributed by atoms with van der Waals surface area (Å²) in [6.07, 6.45) is 3.47. The van der Waals surface area contributed by atoms with Gasteiger partial charge in [-0.25, -0.2) is 4.98 Å². The average molecular weight is 428 g/mol. The van der Waals surface area contributed by atoms with Crippen molar-refractivity contribution in [3.8, 4) is 0 Å². The zero-order valence-electron chi connectivity index (χ0n) is 14.7. The lowest BCUT2D eigenvalue weighted by molar-refractivity contribution is 0.656. The van der Waals surface area contributed by atoms with Crippen molar-refractivity contribution >= 4 is 45.9 Å². The summed E-state index contributed by atoms with van der Waals surface area (Å²) in [5.41, 5.74) is 2.48. The highest BCUT2D eigenvalue weighted by atomic mass is 35.5. The number of nitrogens with zero attached hydrogens (tertiary/aromatic N) is 3. The van der Waals surface area contributed by atoms with Gasteiger partial charge in [-0.1, -0.05) is 59.2 Å². The monoisotopic (exact) mass is 427 g/mol. The molecule has 0 aliphatic heterocycles. The van der Waals surface area contributed by atoms with Crippen LogP contribution in [0.4, 0.5) is 0 Å². The van der Waals surface area contributed by atoms with E-state index in [1.54, 1.807) is 35.2 Å². The van der Waals surface area contributed by atoms with Crippen LogP contribution in [0.2, 0.25) is 10.0 Å². The Labute approximate surface area is 176 Å². The number of hydrogen-bond acceptors (Lipinski definition) is 4. The summed E-state index contributed by atoms with van der Waals surface area (Å²) in [5.74, 6) is 0.577. The van der Waals surface area contributed by atoms with E-state index in [9.17, 15) is 4.79 Å². The molecule has 0 spiro atoms. The Kier molecular flexibility index (Phi) is 5.67. The third kappa shape index (κ3) is 4.07. The molecule has 0 saturated carbocycles. The molecule has 0 fully saturated rings. The van der Waals surface area contributed by atoms with E-state index in [-0.39, 0.29) is 5.56 Å². The van der Waals surface area contributed by atoms with E-state index in [0.717, 1.165) is 11.1 Å². The summed E-state index contributed by atoms with van der Waals surface area (Å²) in [6, 6.07) is 16.6. The van der Waals surface area contributed by atoms with Crippen molar-refractivity contribution in [1.82, 2.24) is 14.5 Å². The first-order chi connectivity index (χ1) is 13.6. The van der Waals surface area contributed by atoms with E-state index in [1.165, 1.54) is 11.8 Å². The second kappa shape index (κ2) is 8.35. The first-order valence-electron chi connectivity index (χ1n) is 8.57. The van der Waals surface area contributed by atoms with Crippen LogP contribution in [-0.2, 0) is 12.3 Å². The maximum atomic E-state index is 13.1. The number of aromatic nitrogens is 3. The lowest BCUT2D eigenvalue weighted by Gasteiger charge is -2.13. The molecule has 7 heteroatoms. The van der Waals surface area contributed by atoms with E-state index < -0.39 is 0 Å². The van der Waals surface area contributed by atoms with Crippen LogP contribution in [0.5, 0.6) is 0 Å². The van der Waals surface area contributed by atoms with Crippen LogP contribution < -0.4 is 5.56 Å². The largest absolute Gasteiger partial charge is 0.283 e. The predicted molar refractivity (Wildman–Crippen MR) is 115 cm³/mol. The van der Waals surface area contributed by atoms with Gasteiger partial charge in [0.05, 0.1) is 17.4 Å². The number of rotatable bonds is 5. The normalized spacial score (nSPS) is 11.1. The van der Waals surface area contributed by atoms with E-state index in [0.29, 0.717) is 38.4 Å². The van der Waals surface area contributed by atoms with Gasteiger partial charge >= 0.3 is 0 Å². The van der Waals surface area contributed by atoms with Crippen LogP contribution in [0.1, 0.15) is 11.1 Å². The maximum Gasteiger partial charge on any atom is 0.262 e. The van der Waals surface area contributed by atoms with Crippen molar-refractivity contribution in [3.63, 3.8) is 0 Å². The van der Waals surface area contributed by atoms with Crippen molar-refractivity contribution in [1.29, 1.82) is 0 Å². The number of halogens is 2. The molecule has 0 radical (unpaired) electrons. The summed E-state index contributed by atoms with van der Waals surface area (Å²) in [4.78, 5) is 22.0. The van der Waals surface area contributed by atoms with Gasteiger partial charge in [-0.05, 0) is 41.5 Å². The standard InChI is InChI=1S/C21H15Cl2N3OS/c22-16-8-7-15(18(23)10-16)13-28-21-25-19-6-2-1-5-17(19)20(27)26(21)12-14-4-3-9-24-11-14/h1-11H,12-13H2. The minimum Gasteiger partial charge on any atom is -0.283 e. The molecule has 4 rings (SSSR count). The van der Waals surface area contributed by atoms with Gasteiger partial charge in [0.15, 0.2) is 5.16 Å². The van der Waals surface area contributed by atoms with Gasteiger partial charge in [-0.15, -0.1) is 0 Å². The molecule has 0 saturated heterocycles. The Hall–Kier alpha value is -2.34. The molecule has 2 aromatic carbocycles. The highest BCUT2D eigenvalue weighted by molar-refractivity contribution is 7.98. The van der Waals surface area contributed by atoms with Crippen LogP contribution in [-0.4, -0.2) is 14.5 Å². The SMILES string of the molecule is O=c1c2ccccc2nc(SCc2ccc(Cl)cc2Cl)n1Cc1cccnc1. The van der Waals surface area contributed by atoms with Gasteiger partial charge in [0.2, 0.25) is 0 Å². The third-order valence-electron chi connectivity index (χ3n) is 4.26. The number of pyridine rings is 1. The molecule has 2 aromatic heterocycles. The molecule has 4 aromatic rings. The number of para-hydroxylation sites is 1. The van der Waals surface area contributed by atoms with Crippen LogP contribution in [0.3, 0.4) is 0 Å². The Morgan fingerprint density at radius 2 is 1.89 bits per heavy atom. The Bertz CT molecular complexity index is 1200. The molecule has 2 heterocycles. The fourth-order valence-corrected chi connectivity index (χ4v) is 4.41. The quantitative estimate of drug-likeness (QED) is 0.314. The second-order valence-electron chi connectivity index (χ2n) is 6.19. The fourth-order valence-electron chi connectivity index (χ4n) is 2.85. The number of fused-ring (bicyclic) bond motifs is 1. The number of thioether (sulfide) groups is 1. The molecule has 0 aliphatic rings. The lowest BCUT2D eigenvalue weighted by atomic mass is 10.2. The highest BCUT2D eigenvalue weighted by Crippen LogP contribution is 2.28. The van der Waals surface area contributed by atoms with Crippen molar-refractivity contribution < 1.29 is 0 Å².